The Morgan fingerprint density at radius 2 is 1.86 bits per heavy atom. The molecular formula is C12H11O2. The van der Waals surface area contributed by atoms with Crippen molar-refractivity contribution in [2.24, 2.45) is 0 Å². The van der Waals surface area contributed by atoms with Gasteiger partial charge in [-0.2, -0.15) is 0 Å². The van der Waals surface area contributed by atoms with Crippen LogP contribution in [-0.2, 0) is 0 Å². The van der Waals surface area contributed by atoms with Crippen LogP contribution in [0.1, 0.15) is 0 Å². The van der Waals surface area contributed by atoms with Crippen molar-refractivity contribution in [1.29, 1.82) is 0 Å². The van der Waals surface area contributed by atoms with Gasteiger partial charge in [-0.3, -0.25) is 0 Å². The van der Waals surface area contributed by atoms with Gasteiger partial charge in [-0.15, -0.1) is 0 Å². The smallest absolute Gasteiger partial charge is 0.168 e. The molecule has 2 heteroatoms. The van der Waals surface area contributed by atoms with Crippen molar-refractivity contribution in [3.8, 4) is 11.5 Å². The second kappa shape index (κ2) is 3.58. The van der Waals surface area contributed by atoms with Crippen LogP contribution in [0.25, 0.3) is 10.8 Å². The predicted molar refractivity (Wildman–Crippen MR) is 55.9 cm³/mol. The molecular weight excluding hydrogens is 176 g/mol. The molecule has 2 aromatic rings. The highest BCUT2D eigenvalue weighted by Crippen LogP contribution is 2.34. The molecule has 0 bridgehead atoms. The maximum atomic E-state index is 5.30. The molecule has 2 rings (SSSR count). The standard InChI is InChI=1S/C12H11O2/c1-13-11-8-7-9-5-3-4-6-10(9)12(11)14-2/h3-6,8H,1-2H3. The average Bonchev–Trinajstić information content (AvgIpc) is 2.27. The molecule has 0 aliphatic heterocycles. The van der Waals surface area contributed by atoms with Crippen LogP contribution in [-0.4, -0.2) is 14.2 Å². The number of methoxy groups -OCH3 is 2. The Balaban J connectivity index is 2.77. The molecule has 0 atom stereocenters. The first-order valence-electron chi connectivity index (χ1n) is 4.38. The Labute approximate surface area is 83.1 Å². The summed E-state index contributed by atoms with van der Waals surface area (Å²) in [4.78, 5) is 0. The Hall–Kier alpha value is -1.70. The molecule has 0 spiro atoms. The van der Waals surface area contributed by atoms with Crippen LogP contribution in [0.3, 0.4) is 0 Å². The number of hydrogen-bond donors (Lipinski definition) is 0. The Bertz CT molecular complexity index is 449. The van der Waals surface area contributed by atoms with Crippen LogP contribution in [0.5, 0.6) is 11.5 Å². The third-order valence-electron chi connectivity index (χ3n) is 2.18. The van der Waals surface area contributed by atoms with E-state index >= 15 is 0 Å². The second-order valence-corrected chi connectivity index (χ2v) is 2.94. The van der Waals surface area contributed by atoms with Gasteiger partial charge in [-0.1, -0.05) is 24.3 Å². The molecule has 0 amide bonds. The maximum Gasteiger partial charge on any atom is 0.168 e. The molecule has 2 nitrogen and oxygen atoms in total. The van der Waals surface area contributed by atoms with Crippen LogP contribution in [0.4, 0.5) is 0 Å². The van der Waals surface area contributed by atoms with Crippen LogP contribution < -0.4 is 9.47 Å². The normalized spacial score (nSPS) is 10.1. The molecule has 71 valence electrons. The Morgan fingerprint density at radius 1 is 1.07 bits per heavy atom. The quantitative estimate of drug-likeness (QED) is 0.719. The van der Waals surface area contributed by atoms with Crippen molar-refractivity contribution in [3.63, 3.8) is 0 Å². The van der Waals surface area contributed by atoms with Gasteiger partial charge in [0, 0.05) is 5.39 Å². The number of fused-ring (bicyclic) bond motifs is 1. The second-order valence-electron chi connectivity index (χ2n) is 2.94. The highest BCUT2D eigenvalue weighted by atomic mass is 16.5. The lowest BCUT2D eigenvalue weighted by Crippen LogP contribution is -1.91. The fraction of sp³-hybridized carbons (Fsp3) is 0.167. The van der Waals surface area contributed by atoms with E-state index < -0.39 is 0 Å². The van der Waals surface area contributed by atoms with Gasteiger partial charge in [0.15, 0.2) is 11.5 Å². The zero-order valence-corrected chi connectivity index (χ0v) is 8.20. The summed E-state index contributed by atoms with van der Waals surface area (Å²) in [6.45, 7) is 0. The molecule has 2 aromatic carbocycles. The summed E-state index contributed by atoms with van der Waals surface area (Å²) in [5.41, 5.74) is 0. The summed E-state index contributed by atoms with van der Waals surface area (Å²) in [6, 6.07) is 12.9. The van der Waals surface area contributed by atoms with E-state index in [0.29, 0.717) is 5.75 Å². The lowest BCUT2D eigenvalue weighted by Gasteiger charge is -2.09. The number of hydrogen-bond acceptors (Lipinski definition) is 2. The third kappa shape index (κ3) is 1.29. The number of rotatable bonds is 2. The first-order chi connectivity index (χ1) is 6.86. The third-order valence-corrected chi connectivity index (χ3v) is 2.18. The van der Waals surface area contributed by atoms with E-state index in [1.54, 1.807) is 20.3 Å². The van der Waals surface area contributed by atoms with Gasteiger partial charge in [0.25, 0.3) is 0 Å². The first kappa shape index (κ1) is 8.88. The van der Waals surface area contributed by atoms with Gasteiger partial charge >= 0.3 is 0 Å². The minimum absolute atomic E-state index is 0.714. The summed E-state index contributed by atoms with van der Waals surface area (Å²) in [5, 5.41) is 2.06. The van der Waals surface area contributed by atoms with E-state index in [9.17, 15) is 0 Å². The fourth-order valence-corrected chi connectivity index (χ4v) is 1.51. The summed E-state index contributed by atoms with van der Waals surface area (Å²) in [7, 11) is 3.27. The molecule has 0 aliphatic rings. The minimum atomic E-state index is 0.714. The van der Waals surface area contributed by atoms with Gasteiger partial charge in [0.05, 0.1) is 14.2 Å². The zero-order chi connectivity index (χ0) is 9.97. The first-order valence-corrected chi connectivity index (χ1v) is 4.38. The van der Waals surface area contributed by atoms with Gasteiger partial charge in [-0.25, -0.2) is 0 Å². The van der Waals surface area contributed by atoms with E-state index in [2.05, 4.69) is 6.07 Å². The summed E-state index contributed by atoms with van der Waals surface area (Å²) in [6.07, 6.45) is 0. The summed E-state index contributed by atoms with van der Waals surface area (Å²) >= 11 is 0. The van der Waals surface area contributed by atoms with Gasteiger partial charge < -0.3 is 9.47 Å². The molecule has 0 aliphatic carbocycles. The number of benzene rings is 2. The number of ether oxygens (including phenoxy) is 2. The lowest BCUT2D eigenvalue weighted by atomic mass is 10.1. The van der Waals surface area contributed by atoms with E-state index in [1.165, 1.54) is 0 Å². The van der Waals surface area contributed by atoms with E-state index in [-0.39, 0.29) is 0 Å². The fourth-order valence-electron chi connectivity index (χ4n) is 1.51. The van der Waals surface area contributed by atoms with Gasteiger partial charge in [0.2, 0.25) is 0 Å². The Kier molecular flexibility index (Phi) is 2.27. The van der Waals surface area contributed by atoms with Crippen molar-refractivity contribution in [2.45, 2.75) is 0 Å². The predicted octanol–water partition coefficient (Wildman–Crippen LogP) is 2.66. The average molecular weight is 187 g/mol. The van der Waals surface area contributed by atoms with Crippen LogP contribution in [0.2, 0.25) is 0 Å². The van der Waals surface area contributed by atoms with Crippen molar-refractivity contribution in [3.05, 3.63) is 36.4 Å². The Morgan fingerprint density at radius 3 is 2.57 bits per heavy atom. The molecule has 1 radical (unpaired) electrons. The molecule has 14 heavy (non-hydrogen) atoms. The van der Waals surface area contributed by atoms with Crippen molar-refractivity contribution in [1.82, 2.24) is 0 Å². The molecule has 0 saturated heterocycles. The maximum absolute atomic E-state index is 5.30. The SMILES string of the molecule is COc1c[c]c2ccccc2c1OC. The summed E-state index contributed by atoms with van der Waals surface area (Å²) < 4.78 is 10.5. The van der Waals surface area contributed by atoms with Crippen molar-refractivity contribution in [2.75, 3.05) is 14.2 Å². The van der Waals surface area contributed by atoms with E-state index in [0.717, 1.165) is 16.5 Å². The topological polar surface area (TPSA) is 18.5 Å². The van der Waals surface area contributed by atoms with Crippen LogP contribution >= 0.6 is 0 Å². The van der Waals surface area contributed by atoms with Crippen molar-refractivity contribution >= 4 is 10.8 Å². The summed E-state index contributed by atoms with van der Waals surface area (Å²) in [5.74, 6) is 1.48. The van der Waals surface area contributed by atoms with E-state index in [4.69, 9.17) is 9.47 Å². The van der Waals surface area contributed by atoms with Crippen LogP contribution in [0, 0.1) is 6.07 Å². The molecule has 0 heterocycles. The van der Waals surface area contributed by atoms with Crippen molar-refractivity contribution < 1.29 is 9.47 Å². The molecule has 0 aromatic heterocycles. The van der Waals surface area contributed by atoms with Gasteiger partial charge in [-0.05, 0) is 17.5 Å². The molecule has 0 N–H and O–H groups in total. The van der Waals surface area contributed by atoms with Gasteiger partial charge in [0.1, 0.15) is 0 Å². The highest BCUT2D eigenvalue weighted by Gasteiger charge is 2.07. The molecule has 0 fully saturated rings. The van der Waals surface area contributed by atoms with E-state index in [1.807, 2.05) is 24.3 Å². The highest BCUT2D eigenvalue weighted by molar-refractivity contribution is 5.90. The zero-order valence-electron chi connectivity index (χ0n) is 8.20. The molecule has 0 saturated carbocycles. The molecule has 0 unspecified atom stereocenters. The lowest BCUT2D eigenvalue weighted by molar-refractivity contribution is 0.358. The monoisotopic (exact) mass is 187 g/mol. The van der Waals surface area contributed by atoms with Crippen LogP contribution in [0.15, 0.2) is 30.3 Å². The minimum Gasteiger partial charge on any atom is -0.493 e. The largest absolute Gasteiger partial charge is 0.493 e.